The Bertz CT molecular complexity index is 694. The molecule has 0 saturated carbocycles. The van der Waals surface area contributed by atoms with Gasteiger partial charge in [-0.05, 0) is 42.3 Å². The highest BCUT2D eigenvalue weighted by Crippen LogP contribution is 2.17. The number of carbonyl (C=O) groups excluding carboxylic acids is 2. The van der Waals surface area contributed by atoms with Crippen molar-refractivity contribution in [3.05, 3.63) is 54.1 Å². The molecule has 2 rings (SSSR count). The lowest BCUT2D eigenvalue weighted by molar-refractivity contribution is -0.132. The van der Waals surface area contributed by atoms with E-state index in [-0.39, 0.29) is 0 Å². The molecule has 0 aliphatic carbocycles. The Morgan fingerprint density at radius 1 is 0.913 bits per heavy atom. The summed E-state index contributed by atoms with van der Waals surface area (Å²) in [5.74, 6) is -1.38. The number of aryl methyl sites for hydroxylation is 1. The van der Waals surface area contributed by atoms with Crippen LogP contribution in [0.15, 0.2) is 48.5 Å². The van der Waals surface area contributed by atoms with Gasteiger partial charge in [0, 0.05) is 31.2 Å². The summed E-state index contributed by atoms with van der Waals surface area (Å²) in [5, 5.41) is 5.19. The fourth-order valence-electron chi connectivity index (χ4n) is 2.06. The van der Waals surface area contributed by atoms with Crippen molar-refractivity contribution in [2.24, 2.45) is 0 Å². The Balaban J connectivity index is 1.99. The van der Waals surface area contributed by atoms with Crippen molar-refractivity contribution in [2.75, 3.05) is 29.6 Å². The molecule has 120 valence electrons. The fraction of sp³-hybridized carbons (Fsp3) is 0.222. The quantitative estimate of drug-likeness (QED) is 0.854. The van der Waals surface area contributed by atoms with Crippen LogP contribution in [0.3, 0.4) is 0 Å². The molecular weight excluding hydrogens is 290 g/mol. The standard InChI is InChI=1S/C18H21N3O2/c1-4-13-8-10-14(11-9-13)19-17(22)18(23)20-15-6-5-7-16(12-15)21(2)3/h5-12H,4H2,1-3H3,(H,19,22)(H,20,23). The van der Waals surface area contributed by atoms with Crippen LogP contribution in [-0.2, 0) is 16.0 Å². The van der Waals surface area contributed by atoms with Gasteiger partial charge in [0.1, 0.15) is 0 Å². The zero-order chi connectivity index (χ0) is 16.8. The molecule has 0 heterocycles. The van der Waals surface area contributed by atoms with Gasteiger partial charge in [-0.15, -0.1) is 0 Å². The Kier molecular flexibility index (Phi) is 5.36. The van der Waals surface area contributed by atoms with Gasteiger partial charge in [0.15, 0.2) is 0 Å². The summed E-state index contributed by atoms with van der Waals surface area (Å²) < 4.78 is 0. The first-order valence-corrected chi connectivity index (χ1v) is 7.48. The second-order valence-electron chi connectivity index (χ2n) is 5.40. The van der Waals surface area contributed by atoms with Crippen LogP contribution in [0, 0.1) is 0 Å². The van der Waals surface area contributed by atoms with E-state index in [0.29, 0.717) is 11.4 Å². The van der Waals surface area contributed by atoms with E-state index >= 15 is 0 Å². The molecular formula is C18H21N3O2. The van der Waals surface area contributed by atoms with Gasteiger partial charge in [-0.1, -0.05) is 25.1 Å². The minimum Gasteiger partial charge on any atom is -0.378 e. The van der Waals surface area contributed by atoms with Gasteiger partial charge >= 0.3 is 11.8 Å². The maximum absolute atomic E-state index is 12.0. The summed E-state index contributed by atoms with van der Waals surface area (Å²) in [6.45, 7) is 2.06. The first-order valence-electron chi connectivity index (χ1n) is 7.48. The van der Waals surface area contributed by atoms with E-state index in [0.717, 1.165) is 12.1 Å². The monoisotopic (exact) mass is 311 g/mol. The molecule has 5 nitrogen and oxygen atoms in total. The first kappa shape index (κ1) is 16.5. The SMILES string of the molecule is CCc1ccc(NC(=O)C(=O)Nc2cccc(N(C)C)c2)cc1. The number of hydrogen-bond donors (Lipinski definition) is 2. The van der Waals surface area contributed by atoms with Gasteiger partial charge in [0.2, 0.25) is 0 Å². The molecule has 2 aromatic carbocycles. The van der Waals surface area contributed by atoms with Crippen LogP contribution in [0.4, 0.5) is 17.1 Å². The number of rotatable bonds is 4. The zero-order valence-corrected chi connectivity index (χ0v) is 13.6. The molecule has 2 N–H and O–H groups in total. The average Bonchev–Trinajstić information content (AvgIpc) is 2.55. The van der Waals surface area contributed by atoms with Crippen LogP contribution in [0.1, 0.15) is 12.5 Å². The molecule has 5 heteroatoms. The Morgan fingerprint density at radius 2 is 1.52 bits per heavy atom. The maximum Gasteiger partial charge on any atom is 0.314 e. The van der Waals surface area contributed by atoms with E-state index in [1.165, 1.54) is 5.56 Å². The van der Waals surface area contributed by atoms with Crippen LogP contribution in [0.25, 0.3) is 0 Å². The third-order valence-corrected chi connectivity index (χ3v) is 3.45. The van der Waals surface area contributed by atoms with Crippen molar-refractivity contribution < 1.29 is 9.59 Å². The fourth-order valence-corrected chi connectivity index (χ4v) is 2.06. The van der Waals surface area contributed by atoms with Gasteiger partial charge in [-0.2, -0.15) is 0 Å². The molecule has 0 atom stereocenters. The van der Waals surface area contributed by atoms with E-state index < -0.39 is 11.8 Å². The van der Waals surface area contributed by atoms with Gasteiger partial charge in [-0.25, -0.2) is 0 Å². The van der Waals surface area contributed by atoms with Gasteiger partial charge < -0.3 is 15.5 Å². The van der Waals surface area contributed by atoms with Crippen molar-refractivity contribution in [1.82, 2.24) is 0 Å². The zero-order valence-electron chi connectivity index (χ0n) is 13.6. The lowest BCUT2D eigenvalue weighted by atomic mass is 10.1. The molecule has 0 fully saturated rings. The minimum absolute atomic E-state index is 0.581. The highest BCUT2D eigenvalue weighted by molar-refractivity contribution is 6.43. The molecule has 2 amide bonds. The van der Waals surface area contributed by atoms with Crippen molar-refractivity contribution in [3.63, 3.8) is 0 Å². The second kappa shape index (κ2) is 7.45. The smallest absolute Gasteiger partial charge is 0.314 e. The van der Waals surface area contributed by atoms with Crippen LogP contribution in [-0.4, -0.2) is 25.9 Å². The van der Waals surface area contributed by atoms with Crippen LogP contribution >= 0.6 is 0 Å². The third kappa shape index (κ3) is 4.57. The molecule has 0 bridgehead atoms. The number of amides is 2. The third-order valence-electron chi connectivity index (χ3n) is 3.45. The first-order chi connectivity index (χ1) is 11.0. The molecule has 0 spiro atoms. The van der Waals surface area contributed by atoms with Crippen molar-refractivity contribution in [3.8, 4) is 0 Å². The van der Waals surface area contributed by atoms with Crippen molar-refractivity contribution >= 4 is 28.9 Å². The normalized spacial score (nSPS) is 10.0. The summed E-state index contributed by atoms with van der Waals surface area (Å²) in [7, 11) is 3.82. The predicted octanol–water partition coefficient (Wildman–Crippen LogP) is 2.89. The molecule has 0 radical (unpaired) electrons. The van der Waals surface area contributed by atoms with E-state index in [9.17, 15) is 9.59 Å². The molecule has 2 aromatic rings. The Hall–Kier alpha value is -2.82. The largest absolute Gasteiger partial charge is 0.378 e. The highest BCUT2D eigenvalue weighted by Gasteiger charge is 2.14. The molecule has 23 heavy (non-hydrogen) atoms. The molecule has 0 aliphatic heterocycles. The lowest BCUT2D eigenvalue weighted by Gasteiger charge is -2.14. The average molecular weight is 311 g/mol. The minimum atomic E-state index is -0.694. The maximum atomic E-state index is 12.0. The lowest BCUT2D eigenvalue weighted by Crippen LogP contribution is -2.29. The topological polar surface area (TPSA) is 61.4 Å². The summed E-state index contributed by atoms with van der Waals surface area (Å²) in [4.78, 5) is 25.9. The molecule has 0 unspecified atom stereocenters. The number of carbonyl (C=O) groups is 2. The van der Waals surface area contributed by atoms with Crippen LogP contribution < -0.4 is 15.5 Å². The van der Waals surface area contributed by atoms with Crippen molar-refractivity contribution in [2.45, 2.75) is 13.3 Å². The summed E-state index contributed by atoms with van der Waals surface area (Å²) in [6, 6.07) is 14.7. The molecule has 0 saturated heterocycles. The van der Waals surface area contributed by atoms with E-state index in [1.807, 2.05) is 43.3 Å². The van der Waals surface area contributed by atoms with Crippen LogP contribution in [0.2, 0.25) is 0 Å². The number of anilines is 3. The number of hydrogen-bond acceptors (Lipinski definition) is 3. The van der Waals surface area contributed by atoms with Gasteiger partial charge in [0.05, 0.1) is 0 Å². The summed E-state index contributed by atoms with van der Waals surface area (Å²) in [5.41, 5.74) is 3.30. The molecule has 0 aliphatic rings. The summed E-state index contributed by atoms with van der Waals surface area (Å²) in [6.07, 6.45) is 0.928. The number of benzene rings is 2. The van der Waals surface area contributed by atoms with Crippen molar-refractivity contribution in [1.29, 1.82) is 0 Å². The number of nitrogens with zero attached hydrogens (tertiary/aromatic N) is 1. The van der Waals surface area contributed by atoms with Gasteiger partial charge in [-0.3, -0.25) is 9.59 Å². The highest BCUT2D eigenvalue weighted by atomic mass is 16.2. The Morgan fingerprint density at radius 3 is 2.09 bits per heavy atom. The van der Waals surface area contributed by atoms with Gasteiger partial charge in [0.25, 0.3) is 0 Å². The molecule has 0 aromatic heterocycles. The van der Waals surface area contributed by atoms with E-state index in [1.54, 1.807) is 24.3 Å². The van der Waals surface area contributed by atoms with E-state index in [2.05, 4.69) is 17.6 Å². The Labute approximate surface area is 136 Å². The van der Waals surface area contributed by atoms with Crippen LogP contribution in [0.5, 0.6) is 0 Å². The number of nitrogens with one attached hydrogen (secondary N) is 2. The summed E-state index contributed by atoms with van der Waals surface area (Å²) >= 11 is 0. The predicted molar refractivity (Wildman–Crippen MR) is 93.8 cm³/mol. The second-order valence-corrected chi connectivity index (χ2v) is 5.40. The van der Waals surface area contributed by atoms with E-state index in [4.69, 9.17) is 0 Å².